The zero-order valence-electron chi connectivity index (χ0n) is 14.2. The number of nitrogens with zero attached hydrogens (tertiary/aromatic N) is 3. The van der Waals surface area contributed by atoms with Crippen molar-refractivity contribution in [2.75, 3.05) is 46.9 Å². The fraction of sp³-hybridized carbons (Fsp3) is 0.529. The fourth-order valence-electron chi connectivity index (χ4n) is 2.95. The van der Waals surface area contributed by atoms with Crippen LogP contribution in [-0.2, 0) is 11.3 Å². The maximum atomic E-state index is 12.5. The third-order valence-electron chi connectivity index (χ3n) is 3.98. The van der Waals surface area contributed by atoms with E-state index in [-0.39, 0.29) is 6.03 Å². The number of carbonyl (C=O) groups excluding carboxylic acids is 1. The zero-order chi connectivity index (χ0) is 16.9. The minimum atomic E-state index is -0.0384. The molecule has 130 valence electrons. The lowest BCUT2D eigenvalue weighted by Gasteiger charge is -2.25. The molecule has 1 aliphatic rings. The molecule has 6 nitrogen and oxygen atoms in total. The second-order valence-corrected chi connectivity index (χ2v) is 7.50. The summed E-state index contributed by atoms with van der Waals surface area (Å²) in [5.74, 6) is 0.343. The van der Waals surface area contributed by atoms with Gasteiger partial charge in [-0.05, 0) is 26.2 Å². The van der Waals surface area contributed by atoms with Gasteiger partial charge in [0.1, 0.15) is 5.01 Å². The number of urea groups is 1. The van der Waals surface area contributed by atoms with Crippen LogP contribution in [0.2, 0.25) is 0 Å². The number of hydrogen-bond acceptors (Lipinski definition) is 5. The predicted octanol–water partition coefficient (Wildman–Crippen LogP) is 2.02. The highest BCUT2D eigenvalue weighted by Gasteiger charge is 2.23. The summed E-state index contributed by atoms with van der Waals surface area (Å²) in [5.41, 5.74) is 0.987. The van der Waals surface area contributed by atoms with Crippen LogP contribution in [0, 0.1) is 5.92 Å². The highest BCUT2D eigenvalue weighted by molar-refractivity contribution is 7.18. The van der Waals surface area contributed by atoms with Crippen LogP contribution in [0.4, 0.5) is 4.79 Å². The van der Waals surface area contributed by atoms with Gasteiger partial charge in [-0.15, -0.1) is 11.3 Å². The number of aromatic nitrogens is 1. The number of benzene rings is 1. The molecule has 24 heavy (non-hydrogen) atoms. The number of nitrogens with one attached hydrogen (secondary N) is 1. The molecule has 1 fully saturated rings. The summed E-state index contributed by atoms with van der Waals surface area (Å²) in [5, 5.41) is 3.93. The molecule has 2 heterocycles. The minimum Gasteiger partial charge on any atom is -0.379 e. The first kappa shape index (κ1) is 17.1. The van der Waals surface area contributed by atoms with Gasteiger partial charge < -0.3 is 19.9 Å². The molecule has 0 spiro atoms. The number of thiazole rings is 1. The summed E-state index contributed by atoms with van der Waals surface area (Å²) >= 11 is 1.62. The normalized spacial score (nSPS) is 18.8. The Bertz CT molecular complexity index is 655. The van der Waals surface area contributed by atoms with Crippen molar-refractivity contribution in [3.8, 4) is 0 Å². The lowest BCUT2D eigenvalue weighted by Crippen LogP contribution is -2.44. The molecule has 1 N–H and O–H groups in total. The lowest BCUT2D eigenvalue weighted by atomic mass is 10.1. The van der Waals surface area contributed by atoms with Crippen LogP contribution >= 0.6 is 11.3 Å². The van der Waals surface area contributed by atoms with Gasteiger partial charge in [0.2, 0.25) is 0 Å². The number of rotatable bonds is 4. The van der Waals surface area contributed by atoms with Crippen molar-refractivity contribution in [1.82, 2.24) is 20.1 Å². The Morgan fingerprint density at radius 1 is 1.46 bits per heavy atom. The number of carbonyl (C=O) groups is 1. The quantitative estimate of drug-likeness (QED) is 0.918. The van der Waals surface area contributed by atoms with Crippen molar-refractivity contribution >= 4 is 27.6 Å². The van der Waals surface area contributed by atoms with Gasteiger partial charge in [-0.3, -0.25) is 0 Å². The Morgan fingerprint density at radius 2 is 2.29 bits per heavy atom. The average molecular weight is 348 g/mol. The molecule has 1 aliphatic heterocycles. The van der Waals surface area contributed by atoms with E-state index in [1.54, 1.807) is 11.3 Å². The molecule has 0 bridgehead atoms. The molecule has 0 saturated carbocycles. The van der Waals surface area contributed by atoms with Crippen molar-refractivity contribution in [3.05, 3.63) is 29.3 Å². The second kappa shape index (κ2) is 7.92. The summed E-state index contributed by atoms with van der Waals surface area (Å²) in [6.07, 6.45) is 0. The van der Waals surface area contributed by atoms with E-state index in [1.165, 1.54) is 0 Å². The SMILES string of the molecule is CN(C)C[C@H]1COCCN(C(=O)NCc2nc3ccccc3s2)C1. The van der Waals surface area contributed by atoms with Crippen molar-refractivity contribution < 1.29 is 9.53 Å². The van der Waals surface area contributed by atoms with Crippen LogP contribution < -0.4 is 5.32 Å². The molecular weight excluding hydrogens is 324 g/mol. The molecule has 1 aromatic carbocycles. The highest BCUT2D eigenvalue weighted by Crippen LogP contribution is 2.21. The van der Waals surface area contributed by atoms with E-state index in [0.717, 1.165) is 28.3 Å². The van der Waals surface area contributed by atoms with Gasteiger partial charge in [0, 0.05) is 25.6 Å². The summed E-state index contributed by atoms with van der Waals surface area (Å²) in [6.45, 7) is 4.05. The molecule has 1 atom stereocenters. The van der Waals surface area contributed by atoms with E-state index in [0.29, 0.717) is 32.2 Å². The van der Waals surface area contributed by atoms with E-state index >= 15 is 0 Å². The number of amides is 2. The van der Waals surface area contributed by atoms with Gasteiger partial charge in [-0.2, -0.15) is 0 Å². The van der Waals surface area contributed by atoms with Gasteiger partial charge in [-0.1, -0.05) is 12.1 Å². The van der Waals surface area contributed by atoms with Crippen molar-refractivity contribution in [2.45, 2.75) is 6.54 Å². The first-order valence-electron chi connectivity index (χ1n) is 8.21. The monoisotopic (exact) mass is 348 g/mol. The van der Waals surface area contributed by atoms with Crippen LogP contribution in [0.5, 0.6) is 0 Å². The molecular formula is C17H24N4O2S. The summed E-state index contributed by atoms with van der Waals surface area (Å²) in [6, 6.07) is 7.99. The summed E-state index contributed by atoms with van der Waals surface area (Å²) in [7, 11) is 4.09. The number of para-hydroxylation sites is 1. The van der Waals surface area contributed by atoms with Crippen LogP contribution in [0.15, 0.2) is 24.3 Å². The van der Waals surface area contributed by atoms with Crippen LogP contribution in [0.25, 0.3) is 10.2 Å². The van der Waals surface area contributed by atoms with Gasteiger partial charge in [-0.25, -0.2) is 9.78 Å². The molecule has 0 aliphatic carbocycles. The first-order chi connectivity index (χ1) is 11.6. The molecule has 1 saturated heterocycles. The number of ether oxygens (including phenoxy) is 1. The highest BCUT2D eigenvalue weighted by atomic mass is 32.1. The molecule has 1 aromatic heterocycles. The van der Waals surface area contributed by atoms with Gasteiger partial charge in [0.25, 0.3) is 0 Å². The maximum absolute atomic E-state index is 12.5. The third kappa shape index (κ3) is 4.43. The van der Waals surface area contributed by atoms with E-state index in [2.05, 4.69) is 21.3 Å². The topological polar surface area (TPSA) is 57.7 Å². The van der Waals surface area contributed by atoms with E-state index < -0.39 is 0 Å². The number of fused-ring (bicyclic) bond motifs is 1. The zero-order valence-corrected chi connectivity index (χ0v) is 15.0. The third-order valence-corrected chi connectivity index (χ3v) is 5.01. The molecule has 0 unspecified atom stereocenters. The Balaban J connectivity index is 1.56. The fourth-order valence-corrected chi connectivity index (χ4v) is 3.86. The maximum Gasteiger partial charge on any atom is 0.317 e. The Morgan fingerprint density at radius 3 is 3.08 bits per heavy atom. The average Bonchev–Trinajstić information content (AvgIpc) is 2.83. The molecule has 7 heteroatoms. The lowest BCUT2D eigenvalue weighted by molar-refractivity contribution is 0.112. The summed E-state index contributed by atoms with van der Waals surface area (Å²) < 4.78 is 6.78. The molecule has 2 aromatic rings. The minimum absolute atomic E-state index is 0.0384. The largest absolute Gasteiger partial charge is 0.379 e. The summed E-state index contributed by atoms with van der Waals surface area (Å²) in [4.78, 5) is 21.0. The standard InChI is InChI=1S/C17H24N4O2S/c1-20(2)10-13-11-21(7-8-23-12-13)17(22)18-9-16-19-14-5-3-4-6-15(14)24-16/h3-6,13H,7-12H2,1-2H3,(H,18,22)/t13-/m1/s1. The van der Waals surface area contributed by atoms with E-state index in [1.807, 2.05) is 37.2 Å². The first-order valence-corrected chi connectivity index (χ1v) is 9.03. The van der Waals surface area contributed by atoms with Crippen LogP contribution in [0.1, 0.15) is 5.01 Å². The Labute approximate surface area is 146 Å². The van der Waals surface area contributed by atoms with E-state index in [4.69, 9.17) is 4.74 Å². The van der Waals surface area contributed by atoms with Gasteiger partial charge >= 0.3 is 6.03 Å². The Kier molecular flexibility index (Phi) is 5.65. The van der Waals surface area contributed by atoms with Crippen LogP contribution in [-0.4, -0.2) is 67.8 Å². The van der Waals surface area contributed by atoms with Crippen molar-refractivity contribution in [3.63, 3.8) is 0 Å². The number of hydrogen-bond donors (Lipinski definition) is 1. The molecule has 3 rings (SSSR count). The second-order valence-electron chi connectivity index (χ2n) is 6.38. The van der Waals surface area contributed by atoms with Crippen molar-refractivity contribution in [1.29, 1.82) is 0 Å². The smallest absolute Gasteiger partial charge is 0.317 e. The van der Waals surface area contributed by atoms with Gasteiger partial charge in [0.05, 0.1) is 30.0 Å². The van der Waals surface area contributed by atoms with Crippen LogP contribution in [0.3, 0.4) is 0 Å². The molecule has 2 amide bonds. The molecule has 0 radical (unpaired) electrons. The van der Waals surface area contributed by atoms with Gasteiger partial charge in [0.15, 0.2) is 0 Å². The predicted molar refractivity (Wildman–Crippen MR) is 96.3 cm³/mol. The van der Waals surface area contributed by atoms with E-state index in [9.17, 15) is 4.79 Å². The Hall–Kier alpha value is -1.70. The van der Waals surface area contributed by atoms with Crippen molar-refractivity contribution in [2.24, 2.45) is 5.92 Å².